The van der Waals surface area contributed by atoms with Gasteiger partial charge in [0.2, 0.25) is 17.8 Å². The zero-order valence-corrected chi connectivity index (χ0v) is 22.9. The fourth-order valence-electron chi connectivity index (χ4n) is 5.17. The summed E-state index contributed by atoms with van der Waals surface area (Å²) < 4.78 is 5.07. The first-order valence-corrected chi connectivity index (χ1v) is 13.5. The molecule has 0 saturated carbocycles. The molecule has 11 N–H and O–H groups in total. The number of ether oxygens (including phenoxy) is 1. The first kappa shape index (κ1) is 28.3. The lowest BCUT2D eigenvalue weighted by Gasteiger charge is -2.37. The first-order chi connectivity index (χ1) is 19.7. The fraction of sp³-hybridized carbons (Fsp3) is 0.407. The second kappa shape index (κ2) is 12.1. The van der Waals surface area contributed by atoms with E-state index in [1.165, 1.54) is 19.2 Å². The molecule has 2 saturated heterocycles. The third-order valence-electron chi connectivity index (χ3n) is 7.06. The Morgan fingerprint density at radius 3 is 1.83 bits per heavy atom. The lowest BCUT2D eigenvalue weighted by molar-refractivity contribution is 0.102. The third kappa shape index (κ3) is 6.92. The SMILES string of the molecule is COc1ccc(C(=O)Nc2ccc(Nc3nc(N4C[C@H](N)C[C@H](N)C4)nc(N4C[C@H](N)C[C@H](N)C4)n3)cc2)c(O)c1. The number of piperidine rings is 2. The highest BCUT2D eigenvalue weighted by Crippen LogP contribution is 2.26. The van der Waals surface area contributed by atoms with Crippen molar-refractivity contribution < 1.29 is 14.6 Å². The van der Waals surface area contributed by atoms with Crippen LogP contribution in [0, 0.1) is 0 Å². The number of aromatic hydroxyl groups is 1. The lowest BCUT2D eigenvalue weighted by Crippen LogP contribution is -2.54. The molecule has 5 rings (SSSR count). The number of aromatic nitrogens is 3. The Labute approximate surface area is 238 Å². The fourth-order valence-corrected chi connectivity index (χ4v) is 5.17. The van der Waals surface area contributed by atoms with Gasteiger partial charge in [-0.3, -0.25) is 4.79 Å². The average molecular weight is 564 g/mol. The Bertz CT molecular complexity index is 1310. The molecule has 0 spiro atoms. The highest BCUT2D eigenvalue weighted by Gasteiger charge is 2.28. The summed E-state index contributed by atoms with van der Waals surface area (Å²) in [6.45, 7) is 2.31. The van der Waals surface area contributed by atoms with Crippen molar-refractivity contribution in [2.24, 2.45) is 22.9 Å². The summed E-state index contributed by atoms with van der Waals surface area (Å²) in [6, 6.07) is 11.2. The van der Waals surface area contributed by atoms with Gasteiger partial charge in [0.05, 0.1) is 12.7 Å². The van der Waals surface area contributed by atoms with Crippen LogP contribution in [-0.2, 0) is 0 Å². The molecule has 2 aliphatic rings. The van der Waals surface area contributed by atoms with Crippen LogP contribution in [0.15, 0.2) is 42.5 Å². The van der Waals surface area contributed by atoms with E-state index in [1.807, 2.05) is 9.80 Å². The average Bonchev–Trinajstić information content (AvgIpc) is 2.92. The number of anilines is 5. The molecule has 14 nitrogen and oxygen atoms in total. The number of nitrogens with one attached hydrogen (secondary N) is 2. The van der Waals surface area contributed by atoms with E-state index in [2.05, 4.69) is 20.6 Å². The summed E-state index contributed by atoms with van der Waals surface area (Å²) in [7, 11) is 1.49. The Kier molecular flexibility index (Phi) is 8.35. The van der Waals surface area contributed by atoms with Gasteiger partial charge in [-0.15, -0.1) is 0 Å². The molecule has 14 heteroatoms. The molecule has 0 unspecified atom stereocenters. The van der Waals surface area contributed by atoms with E-state index in [1.54, 1.807) is 30.3 Å². The molecule has 0 aliphatic carbocycles. The van der Waals surface area contributed by atoms with Gasteiger partial charge in [-0.25, -0.2) is 0 Å². The minimum atomic E-state index is -0.450. The van der Waals surface area contributed by atoms with Gasteiger partial charge >= 0.3 is 0 Å². The number of phenolic OH excluding ortho intramolecular Hbond substituents is 1. The number of carbonyl (C=O) groups is 1. The van der Waals surface area contributed by atoms with E-state index >= 15 is 0 Å². The van der Waals surface area contributed by atoms with Gasteiger partial charge in [0.1, 0.15) is 11.5 Å². The van der Waals surface area contributed by atoms with E-state index in [0.29, 0.717) is 61.1 Å². The summed E-state index contributed by atoms with van der Waals surface area (Å²) in [5.41, 5.74) is 26.3. The number of hydrogen-bond donors (Lipinski definition) is 7. The highest BCUT2D eigenvalue weighted by atomic mass is 16.5. The summed E-state index contributed by atoms with van der Waals surface area (Å²) in [5, 5.41) is 16.2. The van der Waals surface area contributed by atoms with Crippen molar-refractivity contribution >= 4 is 35.1 Å². The molecule has 2 aliphatic heterocycles. The van der Waals surface area contributed by atoms with E-state index in [4.69, 9.17) is 32.7 Å². The van der Waals surface area contributed by atoms with Crippen LogP contribution in [0.25, 0.3) is 0 Å². The standard InChI is InChI=1S/C27H37N11O3/c1-41-21-6-7-22(23(39)10-21)24(40)32-19-2-4-20(5-3-19)33-25-34-26(37-11-15(28)8-16(29)12-37)36-27(35-25)38-13-17(30)9-18(31)14-38/h2-7,10,15-18,39H,8-9,11-14,28-31H2,1H3,(H,32,40)(H,33,34,35,36)/t15-,16+,17-,18+. The van der Waals surface area contributed by atoms with E-state index < -0.39 is 5.91 Å². The van der Waals surface area contributed by atoms with Crippen molar-refractivity contribution in [3.05, 3.63) is 48.0 Å². The van der Waals surface area contributed by atoms with Crippen molar-refractivity contribution in [2.75, 3.05) is 53.7 Å². The van der Waals surface area contributed by atoms with Gasteiger partial charge in [-0.05, 0) is 49.2 Å². The number of nitrogens with two attached hydrogens (primary N) is 4. The molecule has 0 bridgehead atoms. The maximum Gasteiger partial charge on any atom is 0.259 e. The zero-order chi connectivity index (χ0) is 29.1. The number of rotatable bonds is 7. The normalized spacial score (nSPS) is 22.8. The predicted octanol–water partition coefficient (Wildman–Crippen LogP) is 0.311. The van der Waals surface area contributed by atoms with Crippen molar-refractivity contribution in [2.45, 2.75) is 37.0 Å². The van der Waals surface area contributed by atoms with Crippen LogP contribution in [0.1, 0.15) is 23.2 Å². The number of benzene rings is 2. The van der Waals surface area contributed by atoms with Gasteiger partial charge in [0, 0.05) is 67.8 Å². The number of hydrogen-bond acceptors (Lipinski definition) is 13. The molecule has 3 aromatic rings. The van der Waals surface area contributed by atoms with Crippen LogP contribution >= 0.6 is 0 Å². The molecule has 0 radical (unpaired) electrons. The second-order valence-electron chi connectivity index (χ2n) is 10.6. The second-order valence-corrected chi connectivity index (χ2v) is 10.6. The van der Waals surface area contributed by atoms with Crippen LogP contribution in [0.2, 0.25) is 0 Å². The summed E-state index contributed by atoms with van der Waals surface area (Å²) >= 11 is 0. The Morgan fingerprint density at radius 1 is 0.829 bits per heavy atom. The molecular weight excluding hydrogens is 526 g/mol. The monoisotopic (exact) mass is 563 g/mol. The van der Waals surface area contributed by atoms with Gasteiger partial charge in [0.25, 0.3) is 5.91 Å². The number of methoxy groups -OCH3 is 1. The smallest absolute Gasteiger partial charge is 0.259 e. The van der Waals surface area contributed by atoms with E-state index in [9.17, 15) is 9.90 Å². The van der Waals surface area contributed by atoms with Crippen LogP contribution < -0.4 is 48.1 Å². The Morgan fingerprint density at radius 2 is 1.34 bits per heavy atom. The minimum absolute atomic E-state index is 0.0882. The molecule has 4 atom stereocenters. The van der Waals surface area contributed by atoms with Gasteiger partial charge in [-0.2, -0.15) is 15.0 Å². The minimum Gasteiger partial charge on any atom is -0.507 e. The summed E-state index contributed by atoms with van der Waals surface area (Å²) in [4.78, 5) is 30.7. The maximum absolute atomic E-state index is 12.7. The van der Waals surface area contributed by atoms with Crippen LogP contribution in [0.3, 0.4) is 0 Å². The molecule has 2 aromatic carbocycles. The Balaban J connectivity index is 1.35. The molecule has 218 valence electrons. The van der Waals surface area contributed by atoms with Crippen LogP contribution in [0.4, 0.5) is 29.2 Å². The molecule has 3 heterocycles. The van der Waals surface area contributed by atoms with Crippen LogP contribution in [0.5, 0.6) is 11.5 Å². The number of nitrogens with zero attached hydrogens (tertiary/aromatic N) is 5. The predicted molar refractivity (Wildman–Crippen MR) is 158 cm³/mol. The zero-order valence-electron chi connectivity index (χ0n) is 22.9. The quantitative estimate of drug-likeness (QED) is 0.206. The third-order valence-corrected chi connectivity index (χ3v) is 7.06. The largest absolute Gasteiger partial charge is 0.507 e. The number of phenols is 1. The van der Waals surface area contributed by atoms with Gasteiger partial charge < -0.3 is 53.2 Å². The molecule has 41 heavy (non-hydrogen) atoms. The van der Waals surface area contributed by atoms with E-state index in [-0.39, 0.29) is 35.5 Å². The highest BCUT2D eigenvalue weighted by molar-refractivity contribution is 6.06. The molecular formula is C27H37N11O3. The first-order valence-electron chi connectivity index (χ1n) is 13.5. The summed E-state index contributed by atoms with van der Waals surface area (Å²) in [6.07, 6.45) is 1.46. The van der Waals surface area contributed by atoms with Crippen molar-refractivity contribution in [1.29, 1.82) is 0 Å². The van der Waals surface area contributed by atoms with E-state index in [0.717, 1.165) is 12.8 Å². The topological polar surface area (TPSA) is 220 Å². The van der Waals surface area contributed by atoms with Crippen molar-refractivity contribution in [3.8, 4) is 11.5 Å². The van der Waals surface area contributed by atoms with Crippen molar-refractivity contribution in [3.63, 3.8) is 0 Å². The van der Waals surface area contributed by atoms with Gasteiger partial charge in [0.15, 0.2) is 0 Å². The number of carbonyl (C=O) groups excluding carboxylic acids is 1. The molecule has 1 amide bonds. The summed E-state index contributed by atoms with van der Waals surface area (Å²) in [5.74, 6) is 1.11. The Hall–Kier alpha value is -4.24. The van der Waals surface area contributed by atoms with Crippen LogP contribution in [-0.4, -0.2) is 83.4 Å². The van der Waals surface area contributed by atoms with Gasteiger partial charge in [-0.1, -0.05) is 0 Å². The maximum atomic E-state index is 12.7. The van der Waals surface area contributed by atoms with Crippen molar-refractivity contribution in [1.82, 2.24) is 15.0 Å². The molecule has 2 fully saturated rings. The lowest BCUT2D eigenvalue weighted by atomic mass is 10.0. The number of amides is 1. The molecule has 1 aromatic heterocycles.